The fraction of sp³-hybridized carbons (Fsp3) is 0.208. The van der Waals surface area contributed by atoms with Gasteiger partial charge in [0.2, 0.25) is 5.91 Å². The van der Waals surface area contributed by atoms with Crippen molar-refractivity contribution >= 4 is 58.6 Å². The Morgan fingerprint density at radius 1 is 1.13 bits per heavy atom. The number of benzene rings is 2. The fourth-order valence-electron chi connectivity index (χ4n) is 3.68. The van der Waals surface area contributed by atoms with Crippen LogP contribution in [0.15, 0.2) is 59.6 Å². The minimum Gasteiger partial charge on any atom is -0.481 e. The first-order valence-corrected chi connectivity index (χ1v) is 11.8. The van der Waals surface area contributed by atoms with Crippen LogP contribution in [0.3, 0.4) is 0 Å². The highest BCUT2D eigenvalue weighted by Crippen LogP contribution is 2.22. The lowest BCUT2D eigenvalue weighted by atomic mass is 10.1. The number of aliphatic imine (C=N–C) groups is 1. The molecule has 2 aromatic carbocycles. The first kappa shape index (κ1) is 27.0. The van der Waals surface area contributed by atoms with Crippen molar-refractivity contribution in [3.8, 4) is 0 Å². The molecular weight excluding hydrogens is 530 g/mol. The summed E-state index contributed by atoms with van der Waals surface area (Å²) in [6.07, 6.45) is -0.757. The van der Waals surface area contributed by atoms with Crippen LogP contribution in [0.1, 0.15) is 28.4 Å². The Balaban J connectivity index is 1.80. The molecule has 2 aromatic rings. The van der Waals surface area contributed by atoms with Gasteiger partial charge < -0.3 is 37.6 Å². The third-order valence-electron chi connectivity index (χ3n) is 5.50. The molecule has 0 saturated carbocycles. The van der Waals surface area contributed by atoms with Gasteiger partial charge in [0, 0.05) is 5.56 Å². The van der Waals surface area contributed by atoms with Gasteiger partial charge in [-0.1, -0.05) is 36.4 Å². The first-order valence-electron chi connectivity index (χ1n) is 11.8. The molecule has 3 amide bonds. The number of thiocarbonyl (C=S) groups is 1. The molecule has 0 bridgehead atoms. The number of carboxylic acids is 2. The molecule has 2 unspecified atom stereocenters. The van der Waals surface area contributed by atoms with E-state index < -0.39 is 54.2 Å². The summed E-state index contributed by atoms with van der Waals surface area (Å²) >= 11 is 5.24. The molecule has 0 aliphatic carbocycles. The van der Waals surface area contributed by atoms with Crippen LogP contribution in [0.25, 0.3) is 1.43 Å². The normalized spacial score (nSPS) is 16.3. The predicted molar refractivity (Wildman–Crippen MR) is 143 cm³/mol. The molecule has 1 fully saturated rings. The zero-order valence-electron chi connectivity index (χ0n) is 21.2. The van der Waals surface area contributed by atoms with Gasteiger partial charge in [-0.25, -0.2) is 4.79 Å². The monoisotopic (exact) mass is 556 g/mol. The molecule has 204 valence electrons. The number of aliphatic carboxylic acids is 2. The molecule has 0 aromatic heterocycles. The van der Waals surface area contributed by atoms with Gasteiger partial charge in [0.15, 0.2) is 17.1 Å². The SMILES string of the molecule is [2H]OC(=O)C[C@H](NC(=O)c1cccc(N2C(=O)C(CN=C(N)N)NC2=S)c1)C(=O)NC(C(=O)O)c1ccccc1. The van der Waals surface area contributed by atoms with Gasteiger partial charge in [0.25, 0.3) is 13.2 Å². The quantitative estimate of drug-likeness (QED) is 0.101. The van der Waals surface area contributed by atoms with Crippen molar-refractivity contribution in [1.82, 2.24) is 16.0 Å². The number of hydrogen-bond acceptors (Lipinski definition) is 8. The zero-order chi connectivity index (χ0) is 29.4. The Labute approximate surface area is 228 Å². The highest BCUT2D eigenvalue weighted by molar-refractivity contribution is 7.80. The van der Waals surface area contributed by atoms with Gasteiger partial charge in [-0.15, -0.1) is 0 Å². The van der Waals surface area contributed by atoms with Crippen molar-refractivity contribution in [3.05, 3.63) is 65.7 Å². The van der Waals surface area contributed by atoms with Gasteiger partial charge in [0.1, 0.15) is 12.1 Å². The van der Waals surface area contributed by atoms with Crippen molar-refractivity contribution in [3.63, 3.8) is 0 Å². The lowest BCUT2D eigenvalue weighted by molar-refractivity contribution is -0.143. The second kappa shape index (κ2) is 12.5. The Kier molecular flexibility index (Phi) is 8.63. The summed E-state index contributed by atoms with van der Waals surface area (Å²) in [6.45, 7) is -0.0683. The van der Waals surface area contributed by atoms with Gasteiger partial charge in [-0.2, -0.15) is 0 Å². The summed E-state index contributed by atoms with van der Waals surface area (Å²) in [5.74, 6) is -5.04. The summed E-state index contributed by atoms with van der Waals surface area (Å²) in [7, 11) is 0. The Morgan fingerprint density at radius 2 is 1.85 bits per heavy atom. The molecule has 0 spiro atoms. The Hall–Kier alpha value is -5.05. The molecular formula is C24H25N7O7S. The molecule has 15 heteroatoms. The summed E-state index contributed by atoms with van der Waals surface area (Å²) in [5.41, 5.74) is 11.1. The number of rotatable bonds is 11. The van der Waals surface area contributed by atoms with E-state index in [9.17, 15) is 29.1 Å². The number of amides is 3. The van der Waals surface area contributed by atoms with Crippen LogP contribution in [0.5, 0.6) is 0 Å². The minimum absolute atomic E-state index is 0.0179. The third-order valence-corrected chi connectivity index (χ3v) is 5.80. The number of carbonyl (C=O) groups excluding carboxylic acids is 3. The van der Waals surface area contributed by atoms with Crippen LogP contribution >= 0.6 is 12.2 Å². The number of nitrogens with one attached hydrogen (secondary N) is 3. The summed E-state index contributed by atoms with van der Waals surface area (Å²) in [6, 6.07) is 9.57. The number of nitrogens with two attached hydrogens (primary N) is 2. The van der Waals surface area contributed by atoms with E-state index in [0.29, 0.717) is 0 Å². The van der Waals surface area contributed by atoms with Crippen LogP contribution in [-0.4, -0.2) is 69.6 Å². The molecule has 9 N–H and O–H groups in total. The van der Waals surface area contributed by atoms with E-state index in [1.54, 1.807) is 18.2 Å². The van der Waals surface area contributed by atoms with Gasteiger partial charge in [0.05, 0.1) is 18.7 Å². The highest BCUT2D eigenvalue weighted by Gasteiger charge is 2.36. The Bertz CT molecular complexity index is 1350. The van der Waals surface area contributed by atoms with Crippen molar-refractivity contribution in [2.24, 2.45) is 16.5 Å². The van der Waals surface area contributed by atoms with E-state index in [2.05, 4.69) is 26.1 Å². The van der Waals surface area contributed by atoms with E-state index in [1.165, 1.54) is 36.4 Å². The number of anilines is 1. The van der Waals surface area contributed by atoms with E-state index in [0.717, 1.165) is 4.90 Å². The average Bonchev–Trinajstić information content (AvgIpc) is 3.22. The highest BCUT2D eigenvalue weighted by atomic mass is 32.1. The molecule has 3 rings (SSSR count). The van der Waals surface area contributed by atoms with Crippen molar-refractivity contribution in [2.45, 2.75) is 24.5 Å². The number of hydrogen-bond donors (Lipinski definition) is 7. The molecule has 39 heavy (non-hydrogen) atoms. The van der Waals surface area contributed by atoms with E-state index >= 15 is 0 Å². The van der Waals surface area contributed by atoms with Crippen LogP contribution in [0, 0.1) is 0 Å². The molecule has 1 heterocycles. The summed E-state index contributed by atoms with van der Waals surface area (Å²) < 4.78 is 6.80. The van der Waals surface area contributed by atoms with E-state index in [4.69, 9.17) is 25.1 Å². The maximum atomic E-state index is 13.1. The van der Waals surface area contributed by atoms with Crippen LogP contribution in [0.4, 0.5) is 5.69 Å². The Morgan fingerprint density at radius 3 is 2.49 bits per heavy atom. The molecule has 3 atom stereocenters. The second-order valence-electron chi connectivity index (χ2n) is 8.28. The lowest BCUT2D eigenvalue weighted by Crippen LogP contribution is -2.49. The van der Waals surface area contributed by atoms with E-state index in [1.807, 2.05) is 0 Å². The van der Waals surface area contributed by atoms with Crippen LogP contribution in [-0.2, 0) is 19.2 Å². The maximum Gasteiger partial charge on any atom is 0.330 e. The summed E-state index contributed by atoms with van der Waals surface area (Å²) in [4.78, 5) is 67.5. The molecule has 1 saturated heterocycles. The van der Waals surface area contributed by atoms with Crippen molar-refractivity contribution in [2.75, 3.05) is 11.4 Å². The summed E-state index contributed by atoms with van der Waals surface area (Å²) in [5, 5.41) is 21.0. The first-order chi connectivity index (χ1) is 19.0. The fourth-order valence-corrected chi connectivity index (χ4v) is 4.01. The zero-order valence-corrected chi connectivity index (χ0v) is 21.0. The average molecular weight is 557 g/mol. The standard InChI is InChI=1S/C24H25N7O7S/c25-23(26)27-11-16-21(36)31(24(39)29-16)14-8-4-7-13(9-14)19(34)28-15(10-17(32)33)20(35)30-18(22(37)38)12-5-2-1-3-6-12/h1-9,15-16,18H,10-11H2,(H,28,34)(H,29,39)(H,30,35)(H,32,33)(H,37,38)(H4,25,26,27)/t15-,16?,18?/m0/s1/i/hD. The predicted octanol–water partition coefficient (Wildman–Crippen LogP) is -0.935. The number of guanidine groups is 1. The van der Waals surface area contributed by atoms with Gasteiger partial charge in [-0.05, 0) is 36.0 Å². The molecule has 1 aliphatic heterocycles. The third kappa shape index (κ3) is 7.26. The topological polar surface area (TPSA) is 230 Å². The minimum atomic E-state index is -1.60. The number of nitrogens with zero attached hydrogens (tertiary/aromatic N) is 2. The molecule has 14 nitrogen and oxygen atoms in total. The van der Waals surface area contributed by atoms with Gasteiger partial charge in [-0.3, -0.25) is 29.1 Å². The second-order valence-corrected chi connectivity index (χ2v) is 8.67. The van der Waals surface area contributed by atoms with Crippen molar-refractivity contribution < 1.29 is 34.2 Å². The lowest BCUT2D eigenvalue weighted by Gasteiger charge is -2.21. The smallest absolute Gasteiger partial charge is 0.330 e. The largest absolute Gasteiger partial charge is 0.481 e. The van der Waals surface area contributed by atoms with Crippen LogP contribution in [0.2, 0.25) is 0 Å². The maximum absolute atomic E-state index is 13.1. The van der Waals surface area contributed by atoms with Crippen LogP contribution < -0.4 is 32.3 Å². The van der Waals surface area contributed by atoms with Crippen molar-refractivity contribution in [1.29, 1.82) is 1.43 Å². The molecule has 1 aliphatic rings. The van der Waals surface area contributed by atoms with E-state index in [-0.39, 0.29) is 34.4 Å². The number of carbonyl (C=O) groups is 5. The van der Waals surface area contributed by atoms with Gasteiger partial charge >= 0.3 is 11.9 Å². The number of carboxylic acid groups (broad SMARTS) is 2. The molecule has 0 radical (unpaired) electrons.